The van der Waals surface area contributed by atoms with E-state index in [1.165, 1.54) is 11.1 Å². The Morgan fingerprint density at radius 2 is 1.71 bits per heavy atom. The maximum atomic E-state index is 12.5. The number of rotatable bonds is 7. The molecule has 2 aliphatic rings. The van der Waals surface area contributed by atoms with Crippen LogP contribution in [-0.4, -0.2) is 65.4 Å². The molecule has 3 aromatic rings. The van der Waals surface area contributed by atoms with Crippen LogP contribution in [0.4, 0.5) is 9.93 Å². The molecule has 0 saturated carbocycles. The molecule has 5 rings (SSSR count). The number of amides is 2. The fourth-order valence-corrected chi connectivity index (χ4v) is 4.98. The van der Waals surface area contributed by atoms with Crippen LogP contribution in [0.1, 0.15) is 26.7 Å². The van der Waals surface area contributed by atoms with Crippen molar-refractivity contribution in [3.05, 3.63) is 70.7 Å². The van der Waals surface area contributed by atoms with Gasteiger partial charge in [0.05, 0.1) is 12.3 Å². The van der Waals surface area contributed by atoms with Crippen molar-refractivity contribution < 1.29 is 29.0 Å². The molecule has 2 amide bonds. The molecular formula is C24H21N3O6S. The third kappa shape index (κ3) is 4.37. The summed E-state index contributed by atoms with van der Waals surface area (Å²) in [5, 5.41) is 11.5. The standard InChI is InChI=1S/C24H21N3O6S/c28-21(29)13-32-14-10-27(11-14)22(30)20-9-25-23(34-20)26-24(31)33-12-19-17-7-3-1-5-15(17)16-6-2-4-8-18(16)19/h1-9,14,19H,10-13H2,(H,28,29)(H,25,26,31). The highest BCUT2D eigenvalue weighted by atomic mass is 32.1. The normalized spacial score (nSPS) is 14.8. The van der Waals surface area contributed by atoms with Crippen LogP contribution < -0.4 is 5.32 Å². The van der Waals surface area contributed by atoms with E-state index in [4.69, 9.17) is 14.6 Å². The lowest BCUT2D eigenvalue weighted by atomic mass is 9.98. The summed E-state index contributed by atoms with van der Waals surface area (Å²) in [5.41, 5.74) is 4.55. The van der Waals surface area contributed by atoms with Crippen molar-refractivity contribution in [3.8, 4) is 11.1 Å². The Morgan fingerprint density at radius 1 is 1.06 bits per heavy atom. The number of aliphatic carboxylic acids is 1. The zero-order valence-electron chi connectivity index (χ0n) is 18.0. The number of carbonyl (C=O) groups excluding carboxylic acids is 2. The van der Waals surface area contributed by atoms with Gasteiger partial charge in [-0.15, -0.1) is 0 Å². The first-order valence-corrected chi connectivity index (χ1v) is 11.5. The number of hydrogen-bond acceptors (Lipinski definition) is 7. The third-order valence-electron chi connectivity index (χ3n) is 5.85. The summed E-state index contributed by atoms with van der Waals surface area (Å²) in [6.07, 6.45) is 0.477. The zero-order valence-corrected chi connectivity index (χ0v) is 18.8. The van der Waals surface area contributed by atoms with E-state index >= 15 is 0 Å². The molecule has 1 saturated heterocycles. The summed E-state index contributed by atoms with van der Waals surface area (Å²) in [4.78, 5) is 41.5. The van der Waals surface area contributed by atoms with Crippen LogP contribution in [0.5, 0.6) is 0 Å². The fraction of sp³-hybridized carbons (Fsp3) is 0.250. The Kier molecular flexibility index (Phi) is 5.99. The van der Waals surface area contributed by atoms with Gasteiger partial charge in [0.25, 0.3) is 5.91 Å². The molecular weight excluding hydrogens is 458 g/mol. The Bertz CT molecular complexity index is 1210. The van der Waals surface area contributed by atoms with Gasteiger partial charge in [0, 0.05) is 19.0 Å². The molecule has 0 atom stereocenters. The van der Waals surface area contributed by atoms with Crippen molar-refractivity contribution in [2.24, 2.45) is 0 Å². The average Bonchev–Trinajstić information content (AvgIpc) is 3.39. The number of ether oxygens (including phenoxy) is 2. The number of likely N-dealkylation sites (tertiary alicyclic amines) is 1. The minimum Gasteiger partial charge on any atom is -0.480 e. The third-order valence-corrected chi connectivity index (χ3v) is 6.75. The number of nitrogens with zero attached hydrogens (tertiary/aromatic N) is 2. The Labute approximate surface area is 198 Å². The lowest BCUT2D eigenvalue weighted by Crippen LogP contribution is -2.55. The van der Waals surface area contributed by atoms with E-state index in [0.717, 1.165) is 33.6 Å². The Hall–Kier alpha value is -3.76. The van der Waals surface area contributed by atoms with Crippen LogP contribution in [0, 0.1) is 0 Å². The number of hydrogen-bond donors (Lipinski definition) is 2. The molecule has 1 aliphatic heterocycles. The molecule has 2 N–H and O–H groups in total. The van der Waals surface area contributed by atoms with Gasteiger partial charge in [-0.3, -0.25) is 10.1 Å². The van der Waals surface area contributed by atoms with Gasteiger partial charge in [-0.2, -0.15) is 0 Å². The number of benzene rings is 2. The number of carboxylic acids is 1. The minimum absolute atomic E-state index is 0.0470. The highest BCUT2D eigenvalue weighted by Crippen LogP contribution is 2.44. The van der Waals surface area contributed by atoms with Gasteiger partial charge >= 0.3 is 12.1 Å². The molecule has 0 radical (unpaired) electrons. The van der Waals surface area contributed by atoms with Crippen molar-refractivity contribution in [1.29, 1.82) is 0 Å². The number of carbonyl (C=O) groups is 3. The number of fused-ring (bicyclic) bond motifs is 3. The van der Waals surface area contributed by atoms with Crippen LogP contribution in [0.15, 0.2) is 54.7 Å². The van der Waals surface area contributed by atoms with Gasteiger partial charge in [-0.25, -0.2) is 14.6 Å². The topological polar surface area (TPSA) is 118 Å². The maximum Gasteiger partial charge on any atom is 0.413 e. The predicted octanol–water partition coefficient (Wildman–Crippen LogP) is 3.43. The first-order chi connectivity index (χ1) is 16.5. The van der Waals surface area contributed by atoms with Gasteiger partial charge in [-0.1, -0.05) is 59.9 Å². The molecule has 0 spiro atoms. The predicted molar refractivity (Wildman–Crippen MR) is 124 cm³/mol. The first-order valence-electron chi connectivity index (χ1n) is 10.7. The zero-order chi connectivity index (χ0) is 23.7. The highest BCUT2D eigenvalue weighted by molar-refractivity contribution is 7.17. The lowest BCUT2D eigenvalue weighted by molar-refractivity contribution is -0.147. The second-order valence-electron chi connectivity index (χ2n) is 8.02. The first kappa shape index (κ1) is 22.1. The molecule has 34 heavy (non-hydrogen) atoms. The van der Waals surface area contributed by atoms with E-state index in [-0.39, 0.29) is 36.3 Å². The molecule has 0 unspecified atom stereocenters. The molecule has 2 heterocycles. The van der Waals surface area contributed by atoms with Crippen molar-refractivity contribution in [2.45, 2.75) is 12.0 Å². The highest BCUT2D eigenvalue weighted by Gasteiger charge is 2.33. The van der Waals surface area contributed by atoms with E-state index < -0.39 is 12.1 Å². The molecule has 1 aromatic heterocycles. The number of aromatic nitrogens is 1. The Morgan fingerprint density at radius 3 is 2.35 bits per heavy atom. The van der Waals surface area contributed by atoms with Crippen molar-refractivity contribution >= 4 is 34.4 Å². The van der Waals surface area contributed by atoms with E-state index in [2.05, 4.69) is 22.4 Å². The van der Waals surface area contributed by atoms with Gasteiger partial charge in [-0.05, 0) is 22.3 Å². The lowest BCUT2D eigenvalue weighted by Gasteiger charge is -2.38. The van der Waals surface area contributed by atoms with Crippen LogP contribution in [0.3, 0.4) is 0 Å². The number of nitrogens with one attached hydrogen (secondary N) is 1. The van der Waals surface area contributed by atoms with Crippen molar-refractivity contribution in [3.63, 3.8) is 0 Å². The summed E-state index contributed by atoms with van der Waals surface area (Å²) in [7, 11) is 0. The summed E-state index contributed by atoms with van der Waals surface area (Å²) < 4.78 is 10.7. The quantitative estimate of drug-likeness (QED) is 0.533. The second-order valence-corrected chi connectivity index (χ2v) is 9.05. The summed E-state index contributed by atoms with van der Waals surface area (Å²) in [5.74, 6) is -1.33. The summed E-state index contributed by atoms with van der Waals surface area (Å²) in [6.45, 7) is 0.433. The molecule has 1 fully saturated rings. The van der Waals surface area contributed by atoms with Crippen molar-refractivity contribution in [2.75, 3.05) is 31.6 Å². The molecule has 10 heteroatoms. The second kappa shape index (κ2) is 9.24. The van der Waals surface area contributed by atoms with E-state index in [9.17, 15) is 14.4 Å². The molecule has 2 aromatic carbocycles. The Balaban J connectivity index is 1.15. The fourth-order valence-electron chi connectivity index (χ4n) is 4.21. The molecule has 9 nitrogen and oxygen atoms in total. The van der Waals surface area contributed by atoms with Gasteiger partial charge in [0.1, 0.15) is 18.1 Å². The van der Waals surface area contributed by atoms with Crippen LogP contribution in [0.25, 0.3) is 11.1 Å². The SMILES string of the molecule is O=C(O)COC1CN(C(=O)c2cnc(NC(=O)OCC3c4ccccc4-c4ccccc43)s2)C1. The number of thiazole rings is 1. The van der Waals surface area contributed by atoms with Crippen LogP contribution in [0.2, 0.25) is 0 Å². The van der Waals surface area contributed by atoms with Crippen molar-refractivity contribution in [1.82, 2.24) is 9.88 Å². The maximum absolute atomic E-state index is 12.5. The van der Waals surface area contributed by atoms with Gasteiger partial charge in [0.15, 0.2) is 5.13 Å². The monoisotopic (exact) mass is 479 g/mol. The van der Waals surface area contributed by atoms with E-state index in [0.29, 0.717) is 18.0 Å². The summed E-state index contributed by atoms with van der Waals surface area (Å²) >= 11 is 1.05. The molecule has 0 bridgehead atoms. The van der Waals surface area contributed by atoms with Crippen LogP contribution >= 0.6 is 11.3 Å². The smallest absolute Gasteiger partial charge is 0.413 e. The largest absolute Gasteiger partial charge is 0.480 e. The van der Waals surface area contributed by atoms with Crippen LogP contribution in [-0.2, 0) is 14.3 Å². The summed E-state index contributed by atoms with van der Waals surface area (Å²) in [6, 6.07) is 16.2. The molecule has 174 valence electrons. The van der Waals surface area contributed by atoms with Gasteiger partial charge < -0.3 is 19.5 Å². The molecule has 1 aliphatic carbocycles. The number of anilines is 1. The van der Waals surface area contributed by atoms with E-state index in [1.54, 1.807) is 0 Å². The number of carboxylic acid groups (broad SMARTS) is 1. The minimum atomic E-state index is -1.05. The van der Waals surface area contributed by atoms with E-state index in [1.807, 2.05) is 36.4 Å². The van der Waals surface area contributed by atoms with Gasteiger partial charge in [0.2, 0.25) is 0 Å². The average molecular weight is 480 g/mol.